The van der Waals surface area contributed by atoms with Crippen LogP contribution in [0.3, 0.4) is 0 Å². The number of hydrogen-bond donors (Lipinski definition) is 0. The minimum atomic E-state index is -3.42. The van der Waals surface area contributed by atoms with Crippen molar-refractivity contribution in [2.45, 2.75) is 17.7 Å². The first-order valence-corrected chi connectivity index (χ1v) is 7.76. The molecule has 1 aromatic carbocycles. The molecule has 0 radical (unpaired) electrons. The molecule has 1 fully saturated rings. The van der Waals surface area contributed by atoms with Crippen molar-refractivity contribution >= 4 is 21.6 Å². The number of aryl methyl sites for hydroxylation is 1. The average Bonchev–Trinajstić information content (AvgIpc) is 2.40. The molecule has 18 heavy (non-hydrogen) atoms. The molecule has 4 nitrogen and oxygen atoms in total. The fraction of sp³-hybridized carbons (Fsp3) is 0.500. The van der Waals surface area contributed by atoms with E-state index >= 15 is 0 Å². The van der Waals surface area contributed by atoms with E-state index in [2.05, 4.69) is 0 Å². The minimum absolute atomic E-state index is 0.311. The van der Waals surface area contributed by atoms with E-state index < -0.39 is 10.0 Å². The van der Waals surface area contributed by atoms with Crippen LogP contribution in [0.25, 0.3) is 0 Å². The van der Waals surface area contributed by atoms with Crippen molar-refractivity contribution < 1.29 is 13.2 Å². The molecule has 0 N–H and O–H groups in total. The lowest BCUT2D eigenvalue weighted by Gasteiger charge is -2.26. The van der Waals surface area contributed by atoms with Crippen LogP contribution in [0.1, 0.15) is 11.1 Å². The Balaban J connectivity index is 2.34. The zero-order valence-electron chi connectivity index (χ0n) is 10.2. The first-order valence-electron chi connectivity index (χ1n) is 5.79. The fourth-order valence-corrected chi connectivity index (χ4v) is 3.64. The highest BCUT2D eigenvalue weighted by molar-refractivity contribution is 7.89. The predicted molar refractivity (Wildman–Crippen MR) is 70.3 cm³/mol. The van der Waals surface area contributed by atoms with Crippen molar-refractivity contribution in [3.63, 3.8) is 0 Å². The molecule has 0 aliphatic carbocycles. The highest BCUT2D eigenvalue weighted by atomic mass is 35.5. The Labute approximate surface area is 113 Å². The molecule has 1 aliphatic rings. The number of nitrogens with zero attached hydrogens (tertiary/aromatic N) is 1. The summed E-state index contributed by atoms with van der Waals surface area (Å²) in [5, 5.41) is 0. The summed E-state index contributed by atoms with van der Waals surface area (Å²) >= 11 is 5.81. The van der Waals surface area contributed by atoms with Crippen LogP contribution in [0.15, 0.2) is 23.1 Å². The Bertz CT molecular complexity index is 524. The van der Waals surface area contributed by atoms with Crippen LogP contribution < -0.4 is 0 Å². The molecule has 0 unspecified atom stereocenters. The van der Waals surface area contributed by atoms with Crippen LogP contribution in [-0.2, 0) is 20.6 Å². The number of sulfonamides is 1. The summed E-state index contributed by atoms with van der Waals surface area (Å²) in [5.74, 6) is 0.318. The summed E-state index contributed by atoms with van der Waals surface area (Å²) in [6.07, 6.45) is 0. The van der Waals surface area contributed by atoms with Gasteiger partial charge in [-0.25, -0.2) is 8.42 Å². The van der Waals surface area contributed by atoms with E-state index in [0.29, 0.717) is 37.1 Å². The average molecular weight is 290 g/mol. The number of halogens is 1. The number of alkyl halides is 1. The van der Waals surface area contributed by atoms with Gasteiger partial charge in [0.05, 0.1) is 18.1 Å². The van der Waals surface area contributed by atoms with Gasteiger partial charge in [-0.05, 0) is 30.2 Å². The van der Waals surface area contributed by atoms with Crippen molar-refractivity contribution in [3.05, 3.63) is 29.3 Å². The molecule has 0 spiro atoms. The first kappa shape index (κ1) is 13.8. The molecule has 1 saturated heterocycles. The Morgan fingerprint density at radius 3 is 2.61 bits per heavy atom. The molecule has 0 aromatic heterocycles. The van der Waals surface area contributed by atoms with Gasteiger partial charge in [-0.3, -0.25) is 0 Å². The summed E-state index contributed by atoms with van der Waals surface area (Å²) < 4.78 is 31.4. The second-order valence-corrected chi connectivity index (χ2v) is 6.44. The van der Waals surface area contributed by atoms with E-state index in [1.165, 1.54) is 4.31 Å². The topological polar surface area (TPSA) is 46.6 Å². The summed E-state index contributed by atoms with van der Waals surface area (Å²) in [7, 11) is -3.42. The van der Waals surface area contributed by atoms with Gasteiger partial charge in [-0.2, -0.15) is 4.31 Å². The third-order valence-corrected chi connectivity index (χ3v) is 5.25. The van der Waals surface area contributed by atoms with E-state index in [4.69, 9.17) is 16.3 Å². The second-order valence-electron chi connectivity index (χ2n) is 4.24. The van der Waals surface area contributed by atoms with Gasteiger partial charge >= 0.3 is 0 Å². The largest absolute Gasteiger partial charge is 0.379 e. The van der Waals surface area contributed by atoms with E-state index in [9.17, 15) is 8.42 Å². The molecule has 1 aliphatic heterocycles. The summed E-state index contributed by atoms with van der Waals surface area (Å²) in [4.78, 5) is 0.311. The van der Waals surface area contributed by atoms with Gasteiger partial charge < -0.3 is 4.74 Å². The van der Waals surface area contributed by atoms with Crippen molar-refractivity contribution in [2.24, 2.45) is 0 Å². The molecule has 2 rings (SSSR count). The predicted octanol–water partition coefficient (Wildman–Crippen LogP) is 1.75. The summed E-state index contributed by atoms with van der Waals surface area (Å²) in [5.41, 5.74) is 1.86. The molecule has 0 amide bonds. The van der Waals surface area contributed by atoms with E-state index in [-0.39, 0.29) is 0 Å². The molecule has 6 heteroatoms. The molecule has 0 bridgehead atoms. The lowest BCUT2D eigenvalue weighted by atomic mass is 10.1. The number of ether oxygens (including phenoxy) is 1. The van der Waals surface area contributed by atoms with Crippen molar-refractivity contribution in [1.82, 2.24) is 4.31 Å². The van der Waals surface area contributed by atoms with E-state index in [0.717, 1.165) is 11.1 Å². The van der Waals surface area contributed by atoms with Crippen LogP contribution in [-0.4, -0.2) is 39.0 Å². The minimum Gasteiger partial charge on any atom is -0.379 e. The lowest BCUT2D eigenvalue weighted by molar-refractivity contribution is 0.0730. The van der Waals surface area contributed by atoms with Crippen molar-refractivity contribution in [3.8, 4) is 0 Å². The van der Waals surface area contributed by atoms with Gasteiger partial charge in [0.2, 0.25) is 10.0 Å². The highest BCUT2D eigenvalue weighted by Crippen LogP contribution is 2.21. The quantitative estimate of drug-likeness (QED) is 0.797. The maximum absolute atomic E-state index is 12.4. The van der Waals surface area contributed by atoms with Crippen LogP contribution in [0.2, 0.25) is 0 Å². The molecular weight excluding hydrogens is 274 g/mol. The molecule has 1 heterocycles. The SMILES string of the molecule is Cc1ccc(S(=O)(=O)N2CCOCC2)cc1CCl. The fourth-order valence-electron chi connectivity index (χ4n) is 1.89. The smallest absolute Gasteiger partial charge is 0.243 e. The van der Waals surface area contributed by atoms with E-state index in [1.807, 2.05) is 6.92 Å². The summed E-state index contributed by atoms with van der Waals surface area (Å²) in [6, 6.07) is 5.09. The molecule has 100 valence electrons. The maximum atomic E-state index is 12.4. The zero-order chi connectivity index (χ0) is 13.2. The molecule has 0 atom stereocenters. The Morgan fingerprint density at radius 2 is 2.00 bits per heavy atom. The van der Waals surface area contributed by atoms with Gasteiger partial charge in [0.25, 0.3) is 0 Å². The Hall–Kier alpha value is -0.620. The number of benzene rings is 1. The number of hydrogen-bond acceptors (Lipinski definition) is 3. The van der Waals surface area contributed by atoms with Crippen LogP contribution >= 0.6 is 11.6 Å². The highest BCUT2D eigenvalue weighted by Gasteiger charge is 2.26. The number of rotatable bonds is 3. The van der Waals surface area contributed by atoms with Crippen molar-refractivity contribution in [2.75, 3.05) is 26.3 Å². The van der Waals surface area contributed by atoms with Gasteiger partial charge in [-0.15, -0.1) is 11.6 Å². The zero-order valence-corrected chi connectivity index (χ0v) is 11.8. The summed E-state index contributed by atoms with van der Waals surface area (Å²) in [6.45, 7) is 3.64. The van der Waals surface area contributed by atoms with Crippen LogP contribution in [0, 0.1) is 6.92 Å². The van der Waals surface area contributed by atoms with Gasteiger partial charge in [0.15, 0.2) is 0 Å². The third-order valence-electron chi connectivity index (χ3n) is 3.07. The van der Waals surface area contributed by atoms with Crippen LogP contribution in [0.5, 0.6) is 0 Å². The van der Waals surface area contributed by atoms with Gasteiger partial charge in [0.1, 0.15) is 0 Å². The Kier molecular flexibility index (Phi) is 4.27. The monoisotopic (exact) mass is 289 g/mol. The number of morpholine rings is 1. The standard InChI is InChI=1S/C12H16ClNO3S/c1-10-2-3-12(8-11(10)9-13)18(15,16)14-4-6-17-7-5-14/h2-3,8H,4-7,9H2,1H3. The second kappa shape index (κ2) is 5.57. The van der Waals surface area contributed by atoms with Crippen LogP contribution in [0.4, 0.5) is 0 Å². The first-order chi connectivity index (χ1) is 8.55. The lowest BCUT2D eigenvalue weighted by Crippen LogP contribution is -2.40. The Morgan fingerprint density at radius 1 is 1.33 bits per heavy atom. The van der Waals surface area contributed by atoms with E-state index in [1.54, 1.807) is 18.2 Å². The van der Waals surface area contributed by atoms with Gasteiger partial charge in [0, 0.05) is 19.0 Å². The normalized spacial score (nSPS) is 17.9. The molecular formula is C12H16ClNO3S. The van der Waals surface area contributed by atoms with Crippen molar-refractivity contribution in [1.29, 1.82) is 0 Å². The van der Waals surface area contributed by atoms with Gasteiger partial charge in [-0.1, -0.05) is 6.07 Å². The molecule has 0 saturated carbocycles. The molecule has 1 aromatic rings. The third kappa shape index (κ3) is 2.69. The maximum Gasteiger partial charge on any atom is 0.243 e.